The maximum absolute atomic E-state index is 11.8. The number of benzene rings is 1. The molecule has 4 N–H and O–H groups in total. The minimum absolute atomic E-state index is 0.0241. The van der Waals surface area contributed by atoms with Crippen molar-refractivity contribution in [2.75, 3.05) is 5.73 Å². The van der Waals surface area contributed by atoms with E-state index in [1.54, 1.807) is 0 Å². The Bertz CT molecular complexity index is 855. The average Bonchev–Trinajstić information content (AvgIpc) is 2.66. The first-order valence-electron chi connectivity index (χ1n) is 9.09. The molecule has 1 unspecified atom stereocenters. The van der Waals surface area contributed by atoms with Crippen molar-refractivity contribution in [1.29, 1.82) is 0 Å². The number of hydrogen-bond donors (Lipinski definition) is 3. The van der Waals surface area contributed by atoms with Crippen LogP contribution in [0.15, 0.2) is 18.2 Å². The van der Waals surface area contributed by atoms with Crippen molar-refractivity contribution < 1.29 is 53.1 Å². The highest BCUT2D eigenvalue weighted by molar-refractivity contribution is 5.75. The number of nitrogen functional groups attached to an aromatic ring is 1. The van der Waals surface area contributed by atoms with Crippen molar-refractivity contribution in [3.05, 3.63) is 23.8 Å². The van der Waals surface area contributed by atoms with Gasteiger partial charge < -0.3 is 39.6 Å². The first-order chi connectivity index (χ1) is 14.5. The lowest BCUT2D eigenvalue weighted by Gasteiger charge is -2.42. The third kappa shape index (κ3) is 6.06. The molecule has 1 aliphatic heterocycles. The fourth-order valence-corrected chi connectivity index (χ4v) is 3.00. The number of esters is 3. The molecule has 0 aliphatic carbocycles. The Hall–Kier alpha value is -3.38. The number of carboxylic acids is 1. The van der Waals surface area contributed by atoms with Gasteiger partial charge in [-0.1, -0.05) is 6.07 Å². The number of ether oxygens (including phenoxy) is 5. The molecular formula is C19H23NO11. The van der Waals surface area contributed by atoms with Crippen molar-refractivity contribution in [1.82, 2.24) is 0 Å². The molecule has 12 heteroatoms. The Kier molecular flexibility index (Phi) is 7.78. The van der Waals surface area contributed by atoms with Gasteiger partial charge >= 0.3 is 23.9 Å². The van der Waals surface area contributed by atoms with Crippen molar-refractivity contribution in [3.8, 4) is 5.75 Å². The average molecular weight is 441 g/mol. The van der Waals surface area contributed by atoms with Crippen molar-refractivity contribution >= 4 is 29.6 Å². The third-order valence-corrected chi connectivity index (χ3v) is 4.14. The number of carbonyl (C=O) groups is 4. The Labute approximate surface area is 176 Å². The third-order valence-electron chi connectivity index (χ3n) is 4.14. The Balaban J connectivity index is 2.48. The first kappa shape index (κ1) is 23.9. The maximum atomic E-state index is 11.8. The fraction of sp³-hybridized carbons (Fsp3) is 0.474. The standard InChI is InChI=1S/C19H23NO11/c1-8(22)27-14-15(28-9(2)23)17(29-10(3)24)19(31-16(14)18(25)26)30-13-5-4-11(7-21)6-12(13)20/h4-6,14-17,19,21H,7,20H2,1-3H3,(H,25,26)/t14-,15-,16-,17+,19?/m0/s1. The van der Waals surface area contributed by atoms with Crippen molar-refractivity contribution in [2.45, 2.75) is 58.1 Å². The molecule has 170 valence electrons. The molecule has 0 bridgehead atoms. The molecule has 31 heavy (non-hydrogen) atoms. The second kappa shape index (κ2) is 10.1. The van der Waals surface area contributed by atoms with E-state index in [1.807, 2.05) is 0 Å². The molecule has 0 radical (unpaired) electrons. The van der Waals surface area contributed by atoms with Crippen LogP contribution in [0.4, 0.5) is 5.69 Å². The van der Waals surface area contributed by atoms with Crippen LogP contribution in [-0.2, 0) is 44.7 Å². The van der Waals surface area contributed by atoms with Crippen LogP contribution in [0, 0.1) is 0 Å². The molecular weight excluding hydrogens is 418 g/mol. The number of carbonyl (C=O) groups excluding carboxylic acids is 3. The Morgan fingerprint density at radius 2 is 1.52 bits per heavy atom. The van der Waals surface area contributed by atoms with E-state index >= 15 is 0 Å². The molecule has 1 aliphatic rings. The predicted molar refractivity (Wildman–Crippen MR) is 100 cm³/mol. The molecule has 5 atom stereocenters. The molecule has 12 nitrogen and oxygen atoms in total. The maximum Gasteiger partial charge on any atom is 0.337 e. The summed E-state index contributed by atoms with van der Waals surface area (Å²) >= 11 is 0. The number of aliphatic hydroxyl groups is 1. The van der Waals surface area contributed by atoms with Crippen LogP contribution in [0.2, 0.25) is 0 Å². The zero-order valence-corrected chi connectivity index (χ0v) is 17.0. The summed E-state index contributed by atoms with van der Waals surface area (Å²) in [6, 6.07) is 4.30. The molecule has 2 rings (SSSR count). The molecule has 0 spiro atoms. The molecule has 1 fully saturated rings. The van der Waals surface area contributed by atoms with Crippen LogP contribution in [0.25, 0.3) is 0 Å². The van der Waals surface area contributed by atoms with Gasteiger partial charge in [0.1, 0.15) is 5.75 Å². The highest BCUT2D eigenvalue weighted by Gasteiger charge is 2.55. The number of aliphatic carboxylic acids is 1. The highest BCUT2D eigenvalue weighted by atomic mass is 16.7. The van der Waals surface area contributed by atoms with E-state index in [4.69, 9.17) is 29.4 Å². The van der Waals surface area contributed by atoms with E-state index in [0.29, 0.717) is 5.56 Å². The molecule has 1 aromatic carbocycles. The SMILES string of the molecule is CC(=O)O[C@H]1[C@H](OC(C)=O)[C@@H](OC(C)=O)C(Oc2ccc(CO)cc2N)O[C@@H]1C(=O)O. The smallest absolute Gasteiger partial charge is 0.337 e. The van der Waals surface area contributed by atoms with Gasteiger partial charge in [0, 0.05) is 20.8 Å². The number of hydrogen-bond acceptors (Lipinski definition) is 11. The van der Waals surface area contributed by atoms with E-state index in [1.165, 1.54) is 18.2 Å². The minimum atomic E-state index is -1.82. The minimum Gasteiger partial charge on any atom is -0.479 e. The first-order valence-corrected chi connectivity index (χ1v) is 9.09. The number of aliphatic hydroxyl groups excluding tert-OH is 1. The van der Waals surface area contributed by atoms with Gasteiger partial charge in [-0.05, 0) is 17.7 Å². The van der Waals surface area contributed by atoms with Gasteiger partial charge in [0.2, 0.25) is 12.4 Å². The summed E-state index contributed by atoms with van der Waals surface area (Å²) < 4.78 is 26.4. The lowest BCUT2D eigenvalue weighted by molar-refractivity contribution is -0.281. The summed E-state index contributed by atoms with van der Waals surface area (Å²) in [6.07, 6.45) is -8.09. The normalized spacial score (nSPS) is 25.2. The number of nitrogens with two attached hydrogens (primary N) is 1. The van der Waals surface area contributed by atoms with Gasteiger partial charge in [0.05, 0.1) is 12.3 Å². The monoisotopic (exact) mass is 441 g/mol. The Morgan fingerprint density at radius 1 is 0.968 bits per heavy atom. The van der Waals surface area contributed by atoms with Crippen LogP contribution in [-0.4, -0.2) is 64.8 Å². The molecule has 1 saturated heterocycles. The zero-order chi connectivity index (χ0) is 23.3. The second-order valence-corrected chi connectivity index (χ2v) is 6.63. The summed E-state index contributed by atoms with van der Waals surface area (Å²) in [5, 5.41) is 18.8. The quantitative estimate of drug-likeness (QED) is 0.287. The van der Waals surface area contributed by atoms with Gasteiger partial charge in [0.15, 0.2) is 18.3 Å². The summed E-state index contributed by atoms with van der Waals surface area (Å²) in [5.74, 6) is -4.06. The molecule has 0 aromatic heterocycles. The van der Waals surface area contributed by atoms with E-state index in [-0.39, 0.29) is 18.0 Å². The van der Waals surface area contributed by atoms with E-state index in [0.717, 1.165) is 20.8 Å². The van der Waals surface area contributed by atoms with Gasteiger partial charge in [-0.25, -0.2) is 4.79 Å². The van der Waals surface area contributed by atoms with Crippen LogP contribution in [0.5, 0.6) is 5.75 Å². The van der Waals surface area contributed by atoms with Crippen molar-refractivity contribution in [3.63, 3.8) is 0 Å². The summed E-state index contributed by atoms with van der Waals surface area (Å²) in [7, 11) is 0. The molecule has 1 aromatic rings. The molecule has 0 saturated carbocycles. The number of rotatable bonds is 7. The van der Waals surface area contributed by atoms with Gasteiger partial charge in [-0.2, -0.15) is 0 Å². The summed E-state index contributed by atoms with van der Waals surface area (Å²) in [5.41, 5.74) is 6.46. The molecule has 0 amide bonds. The highest BCUT2D eigenvalue weighted by Crippen LogP contribution is 2.32. The summed E-state index contributed by atoms with van der Waals surface area (Å²) in [6.45, 7) is 2.86. The lowest BCUT2D eigenvalue weighted by atomic mass is 9.97. The van der Waals surface area contributed by atoms with Gasteiger partial charge in [-0.3, -0.25) is 14.4 Å². The zero-order valence-electron chi connectivity index (χ0n) is 17.0. The molecule has 1 heterocycles. The van der Waals surface area contributed by atoms with Crippen LogP contribution in [0.1, 0.15) is 26.3 Å². The van der Waals surface area contributed by atoms with Crippen molar-refractivity contribution in [2.24, 2.45) is 0 Å². The van der Waals surface area contributed by atoms with E-state index in [9.17, 15) is 29.4 Å². The largest absolute Gasteiger partial charge is 0.479 e. The van der Waals surface area contributed by atoms with Gasteiger partial charge in [-0.15, -0.1) is 0 Å². The fourth-order valence-electron chi connectivity index (χ4n) is 3.00. The number of carboxylic acid groups (broad SMARTS) is 1. The predicted octanol–water partition coefficient (Wildman–Crippen LogP) is -0.255. The van der Waals surface area contributed by atoms with Crippen LogP contribution >= 0.6 is 0 Å². The summed E-state index contributed by atoms with van der Waals surface area (Å²) in [4.78, 5) is 46.7. The topological polar surface area (TPSA) is 181 Å². The lowest BCUT2D eigenvalue weighted by Crippen LogP contribution is -2.64. The second-order valence-electron chi connectivity index (χ2n) is 6.63. The van der Waals surface area contributed by atoms with E-state index < -0.39 is 54.6 Å². The van der Waals surface area contributed by atoms with E-state index in [2.05, 4.69) is 0 Å². The van der Waals surface area contributed by atoms with Gasteiger partial charge in [0.25, 0.3) is 0 Å². The van der Waals surface area contributed by atoms with Crippen LogP contribution in [0.3, 0.4) is 0 Å². The van der Waals surface area contributed by atoms with Crippen LogP contribution < -0.4 is 10.5 Å². The Morgan fingerprint density at radius 3 is 2.00 bits per heavy atom. The number of anilines is 1.